The molecule has 1 fully saturated rings. The Labute approximate surface area is 195 Å². The van der Waals surface area contributed by atoms with Crippen LogP contribution in [-0.4, -0.2) is 40.6 Å². The lowest BCUT2D eigenvalue weighted by Crippen LogP contribution is -2.55. The maximum absolute atomic E-state index is 13.8. The van der Waals surface area contributed by atoms with Crippen LogP contribution >= 0.6 is 11.3 Å². The van der Waals surface area contributed by atoms with E-state index in [-0.39, 0.29) is 31.1 Å². The zero-order valence-electron chi connectivity index (χ0n) is 18.8. The SMILES string of the molecule is CCOC(=O)[C@]1(CC(C)C)C[C@H](CO)[C@H](c2cccs2)N1C(=O)c1ccc(C(F)(F)F)cc1. The fraction of sp³-hybridized carbons (Fsp3) is 0.500. The van der Waals surface area contributed by atoms with Crippen LogP contribution in [0.1, 0.15) is 60.5 Å². The van der Waals surface area contributed by atoms with Gasteiger partial charge in [-0.1, -0.05) is 19.9 Å². The van der Waals surface area contributed by atoms with E-state index in [1.807, 2.05) is 31.4 Å². The van der Waals surface area contributed by atoms with Gasteiger partial charge in [-0.15, -0.1) is 11.3 Å². The highest BCUT2D eigenvalue weighted by atomic mass is 32.1. The molecule has 9 heteroatoms. The summed E-state index contributed by atoms with van der Waals surface area (Å²) >= 11 is 1.40. The largest absolute Gasteiger partial charge is 0.464 e. The van der Waals surface area contributed by atoms with Gasteiger partial charge in [0.1, 0.15) is 5.54 Å². The van der Waals surface area contributed by atoms with Crippen LogP contribution in [0.4, 0.5) is 13.2 Å². The van der Waals surface area contributed by atoms with Crippen LogP contribution in [-0.2, 0) is 15.7 Å². The summed E-state index contributed by atoms with van der Waals surface area (Å²) in [5.41, 5.74) is -2.16. The smallest absolute Gasteiger partial charge is 0.416 e. The molecule has 3 rings (SSSR count). The number of amides is 1. The van der Waals surface area contributed by atoms with Crippen LogP contribution in [0.25, 0.3) is 0 Å². The fourth-order valence-corrected chi connectivity index (χ4v) is 5.66. The highest BCUT2D eigenvalue weighted by molar-refractivity contribution is 7.10. The fourth-order valence-electron chi connectivity index (χ4n) is 4.75. The van der Waals surface area contributed by atoms with Crippen LogP contribution in [0.5, 0.6) is 0 Å². The van der Waals surface area contributed by atoms with Gasteiger partial charge >= 0.3 is 12.1 Å². The Kier molecular flexibility index (Phi) is 7.53. The minimum atomic E-state index is -4.52. The number of aliphatic hydroxyl groups excluding tert-OH is 1. The van der Waals surface area contributed by atoms with Gasteiger partial charge in [0.25, 0.3) is 5.91 Å². The van der Waals surface area contributed by atoms with Crippen molar-refractivity contribution in [3.05, 3.63) is 57.8 Å². The van der Waals surface area contributed by atoms with Crippen molar-refractivity contribution < 1.29 is 32.6 Å². The lowest BCUT2D eigenvalue weighted by molar-refractivity contribution is -0.156. The molecule has 1 aromatic carbocycles. The summed E-state index contributed by atoms with van der Waals surface area (Å²) in [5.74, 6) is -1.54. The topological polar surface area (TPSA) is 66.8 Å². The van der Waals surface area contributed by atoms with Crippen molar-refractivity contribution in [2.45, 2.75) is 51.4 Å². The number of likely N-dealkylation sites (tertiary alicyclic amines) is 1. The monoisotopic (exact) mass is 483 g/mol. The van der Waals surface area contributed by atoms with E-state index in [0.717, 1.165) is 29.1 Å². The summed E-state index contributed by atoms with van der Waals surface area (Å²) in [6, 6.07) is 7.04. The zero-order valence-corrected chi connectivity index (χ0v) is 19.6. The van der Waals surface area contributed by atoms with Gasteiger partial charge in [-0.05, 0) is 61.4 Å². The molecule has 2 aromatic rings. The Morgan fingerprint density at radius 2 is 1.91 bits per heavy atom. The predicted octanol–water partition coefficient (Wildman–Crippen LogP) is 5.31. The molecule has 0 bridgehead atoms. The van der Waals surface area contributed by atoms with Gasteiger partial charge in [-0.3, -0.25) is 4.79 Å². The van der Waals surface area contributed by atoms with Crippen LogP contribution in [0.15, 0.2) is 41.8 Å². The van der Waals surface area contributed by atoms with Gasteiger partial charge in [0.2, 0.25) is 0 Å². The van der Waals surface area contributed by atoms with E-state index in [4.69, 9.17) is 4.74 Å². The molecule has 3 atom stereocenters. The highest BCUT2D eigenvalue weighted by Crippen LogP contribution is 2.51. The number of ether oxygens (including phenoxy) is 1. The number of carbonyl (C=O) groups is 2. The molecule has 1 N–H and O–H groups in total. The number of hydrogen-bond acceptors (Lipinski definition) is 5. The van der Waals surface area contributed by atoms with Gasteiger partial charge in [0.05, 0.1) is 18.2 Å². The third-order valence-electron chi connectivity index (χ3n) is 5.93. The van der Waals surface area contributed by atoms with E-state index in [9.17, 15) is 27.9 Å². The summed E-state index contributed by atoms with van der Waals surface area (Å²) in [5, 5.41) is 12.0. The molecule has 180 valence electrons. The van der Waals surface area contributed by atoms with Crippen molar-refractivity contribution in [1.29, 1.82) is 0 Å². The molecule has 0 unspecified atom stereocenters. The number of nitrogens with zero attached hydrogens (tertiary/aromatic N) is 1. The Morgan fingerprint density at radius 1 is 1.24 bits per heavy atom. The molecule has 0 saturated carbocycles. The number of halogens is 3. The first-order chi connectivity index (χ1) is 15.5. The number of aliphatic hydroxyl groups is 1. The number of alkyl halides is 3. The molecule has 2 heterocycles. The second-order valence-corrected chi connectivity index (χ2v) is 9.69. The molecule has 0 spiro atoms. The number of rotatable bonds is 7. The van der Waals surface area contributed by atoms with Crippen molar-refractivity contribution in [2.24, 2.45) is 11.8 Å². The molecule has 1 aromatic heterocycles. The molecule has 33 heavy (non-hydrogen) atoms. The molecule has 1 aliphatic rings. The Balaban J connectivity index is 2.16. The van der Waals surface area contributed by atoms with Crippen LogP contribution in [0, 0.1) is 11.8 Å². The van der Waals surface area contributed by atoms with Crippen molar-refractivity contribution in [3.63, 3.8) is 0 Å². The molecular formula is C24H28F3NO4S. The van der Waals surface area contributed by atoms with Crippen molar-refractivity contribution in [3.8, 4) is 0 Å². The molecule has 0 aliphatic carbocycles. The van der Waals surface area contributed by atoms with Gasteiger partial charge < -0.3 is 14.7 Å². The van der Waals surface area contributed by atoms with Crippen molar-refractivity contribution in [2.75, 3.05) is 13.2 Å². The van der Waals surface area contributed by atoms with Gasteiger partial charge in [0, 0.05) is 23.0 Å². The van der Waals surface area contributed by atoms with Crippen molar-refractivity contribution >= 4 is 23.2 Å². The molecule has 1 amide bonds. The highest BCUT2D eigenvalue weighted by Gasteiger charge is 2.59. The first kappa shape index (κ1) is 25.2. The van der Waals surface area contributed by atoms with E-state index in [1.165, 1.54) is 16.2 Å². The lowest BCUT2D eigenvalue weighted by atomic mass is 9.83. The second kappa shape index (κ2) is 9.85. The standard InChI is InChI=1S/C24H28F3NO4S/c1-4-32-22(31)23(12-15(2)3)13-17(14-29)20(19-6-5-11-33-19)28(23)21(30)16-7-9-18(10-8-16)24(25,26)27/h5-11,15,17,20,29H,4,12-14H2,1-3H3/t17-,20-,23+/m1/s1. The summed E-state index contributed by atoms with van der Waals surface area (Å²) in [6.45, 7) is 5.40. The van der Waals surface area contributed by atoms with Crippen LogP contribution in [0.2, 0.25) is 0 Å². The zero-order chi connectivity index (χ0) is 24.4. The average Bonchev–Trinajstić information content (AvgIpc) is 3.39. The summed E-state index contributed by atoms with van der Waals surface area (Å²) in [4.78, 5) is 29.5. The van der Waals surface area contributed by atoms with E-state index in [1.54, 1.807) is 6.92 Å². The van der Waals surface area contributed by atoms with Gasteiger partial charge in [-0.25, -0.2) is 4.79 Å². The summed E-state index contributed by atoms with van der Waals surface area (Å²) in [6.07, 6.45) is -4.02. The normalized spacial score (nSPS) is 23.2. The van der Waals surface area contributed by atoms with Crippen LogP contribution < -0.4 is 0 Å². The quantitative estimate of drug-likeness (QED) is 0.542. The molecule has 1 saturated heterocycles. The number of benzene rings is 1. The predicted molar refractivity (Wildman–Crippen MR) is 119 cm³/mol. The summed E-state index contributed by atoms with van der Waals surface area (Å²) in [7, 11) is 0. The van der Waals surface area contributed by atoms with E-state index >= 15 is 0 Å². The number of hydrogen-bond donors (Lipinski definition) is 1. The molecular weight excluding hydrogens is 455 g/mol. The number of thiophene rings is 1. The van der Waals surface area contributed by atoms with E-state index < -0.39 is 41.1 Å². The summed E-state index contributed by atoms with van der Waals surface area (Å²) < 4.78 is 44.5. The Hall–Kier alpha value is -2.39. The molecule has 1 aliphatic heterocycles. The minimum Gasteiger partial charge on any atom is -0.464 e. The second-order valence-electron chi connectivity index (χ2n) is 8.71. The van der Waals surface area contributed by atoms with Gasteiger partial charge in [0.15, 0.2) is 0 Å². The third-order valence-corrected chi connectivity index (χ3v) is 6.88. The molecule has 0 radical (unpaired) electrons. The van der Waals surface area contributed by atoms with Gasteiger partial charge in [-0.2, -0.15) is 13.2 Å². The van der Waals surface area contributed by atoms with Crippen molar-refractivity contribution in [1.82, 2.24) is 4.90 Å². The Bertz CT molecular complexity index is 959. The first-order valence-corrected chi connectivity index (χ1v) is 11.8. The number of carbonyl (C=O) groups excluding carboxylic acids is 2. The maximum Gasteiger partial charge on any atom is 0.416 e. The first-order valence-electron chi connectivity index (χ1n) is 10.9. The van der Waals surface area contributed by atoms with E-state index in [2.05, 4.69) is 0 Å². The third kappa shape index (κ3) is 4.94. The lowest BCUT2D eigenvalue weighted by Gasteiger charge is -2.40. The Morgan fingerprint density at radius 3 is 2.39 bits per heavy atom. The number of esters is 1. The average molecular weight is 484 g/mol. The van der Waals surface area contributed by atoms with Crippen LogP contribution in [0.3, 0.4) is 0 Å². The molecule has 5 nitrogen and oxygen atoms in total. The van der Waals surface area contributed by atoms with E-state index in [0.29, 0.717) is 6.42 Å². The maximum atomic E-state index is 13.8. The minimum absolute atomic E-state index is 0.0127.